The highest BCUT2D eigenvalue weighted by molar-refractivity contribution is 7.89. The molecule has 1 fully saturated rings. The molecular formula is C21H34N2O6S. The lowest BCUT2D eigenvalue weighted by Gasteiger charge is -2.31. The number of amides is 1. The molecule has 1 aromatic carbocycles. The van der Waals surface area contributed by atoms with E-state index >= 15 is 0 Å². The fourth-order valence-electron chi connectivity index (χ4n) is 3.02. The van der Waals surface area contributed by atoms with Crippen LogP contribution in [-0.4, -0.2) is 78.0 Å². The molecule has 1 amide bonds. The van der Waals surface area contributed by atoms with E-state index in [9.17, 15) is 13.2 Å². The lowest BCUT2D eigenvalue weighted by Crippen LogP contribution is -2.53. The predicted octanol–water partition coefficient (Wildman–Crippen LogP) is 1.58. The third-order valence-electron chi connectivity index (χ3n) is 5.16. The van der Waals surface area contributed by atoms with Crippen LogP contribution in [0.2, 0.25) is 0 Å². The minimum atomic E-state index is -3.83. The molecule has 9 heteroatoms. The van der Waals surface area contributed by atoms with Crippen molar-refractivity contribution >= 4 is 15.9 Å². The average Bonchev–Trinajstić information content (AvgIpc) is 2.72. The van der Waals surface area contributed by atoms with E-state index in [2.05, 4.69) is 4.72 Å². The maximum Gasteiger partial charge on any atom is 0.241 e. The third kappa shape index (κ3) is 7.63. The van der Waals surface area contributed by atoms with Crippen LogP contribution < -0.4 is 4.72 Å². The molecule has 1 saturated heterocycles. The third-order valence-corrected chi connectivity index (χ3v) is 6.62. The molecule has 0 radical (unpaired) electrons. The second kappa shape index (κ2) is 12.4. The van der Waals surface area contributed by atoms with E-state index in [0.29, 0.717) is 59.2 Å². The van der Waals surface area contributed by atoms with Crippen molar-refractivity contribution in [2.45, 2.75) is 38.1 Å². The van der Waals surface area contributed by atoms with Crippen molar-refractivity contribution in [3.05, 3.63) is 29.8 Å². The number of benzene rings is 1. The first-order valence-electron chi connectivity index (χ1n) is 10.5. The maximum atomic E-state index is 13.3. The Balaban J connectivity index is 2.16. The molecule has 170 valence electrons. The summed E-state index contributed by atoms with van der Waals surface area (Å²) in [5.74, 6) is -0.435. The van der Waals surface area contributed by atoms with Gasteiger partial charge in [0.1, 0.15) is 6.04 Å². The smallest absolute Gasteiger partial charge is 0.241 e. The van der Waals surface area contributed by atoms with Gasteiger partial charge in [-0.05, 0) is 25.0 Å². The molecule has 0 bridgehead atoms. The minimum Gasteiger partial charge on any atom is -0.377 e. The van der Waals surface area contributed by atoms with Gasteiger partial charge < -0.3 is 19.1 Å². The molecule has 2 rings (SSSR count). The second-order valence-corrected chi connectivity index (χ2v) is 9.17. The molecule has 1 N–H and O–H groups in total. The topological polar surface area (TPSA) is 94.2 Å². The molecule has 0 saturated carbocycles. The van der Waals surface area contributed by atoms with Crippen LogP contribution in [-0.2, 0) is 29.0 Å². The summed E-state index contributed by atoms with van der Waals surface area (Å²) < 4.78 is 44.9. The van der Waals surface area contributed by atoms with Crippen molar-refractivity contribution < 1.29 is 27.4 Å². The summed E-state index contributed by atoms with van der Waals surface area (Å²) >= 11 is 0. The number of sulfonamides is 1. The number of carbonyl (C=O) groups is 1. The molecule has 1 aromatic rings. The summed E-state index contributed by atoms with van der Waals surface area (Å²) in [6.45, 7) is 8.97. The largest absolute Gasteiger partial charge is 0.377 e. The highest BCUT2D eigenvalue weighted by atomic mass is 32.2. The number of hydrogen-bond donors (Lipinski definition) is 1. The molecule has 2 atom stereocenters. The average molecular weight is 443 g/mol. The zero-order chi connectivity index (χ0) is 22.0. The summed E-state index contributed by atoms with van der Waals surface area (Å²) in [5, 5.41) is 0. The highest BCUT2D eigenvalue weighted by Gasteiger charge is 2.32. The molecule has 0 aromatic heterocycles. The Morgan fingerprint density at radius 3 is 2.00 bits per heavy atom. The van der Waals surface area contributed by atoms with Gasteiger partial charge in [0.05, 0.1) is 44.5 Å². The molecule has 0 spiro atoms. The quantitative estimate of drug-likeness (QED) is 0.719. The van der Waals surface area contributed by atoms with E-state index in [1.807, 2.05) is 20.8 Å². The summed E-state index contributed by atoms with van der Waals surface area (Å²) in [6.07, 6.45) is 0.658. The number of hydrogen-bond acceptors (Lipinski definition) is 6. The Morgan fingerprint density at radius 2 is 1.50 bits per heavy atom. The standard InChI is InChI=1S/C21H34N2O6S/c1-4-18(3)20(22-30(25,26)19-7-5-17(2)6-8-19)21(24)23-9-11-27-13-15-29-16-14-28-12-10-23/h5-8,18,20,22H,4,9-16H2,1-3H3/t18-,20+/m1/s1. The zero-order valence-corrected chi connectivity index (χ0v) is 18.9. The monoisotopic (exact) mass is 442 g/mol. The van der Waals surface area contributed by atoms with Gasteiger partial charge in [0.2, 0.25) is 15.9 Å². The van der Waals surface area contributed by atoms with Crippen LogP contribution in [0.4, 0.5) is 0 Å². The number of rotatable bonds is 6. The molecular weight excluding hydrogens is 408 g/mol. The number of aryl methyl sites for hydroxylation is 1. The van der Waals surface area contributed by atoms with Crippen LogP contribution in [0, 0.1) is 12.8 Å². The number of ether oxygens (including phenoxy) is 3. The van der Waals surface area contributed by atoms with Gasteiger partial charge in [-0.3, -0.25) is 4.79 Å². The zero-order valence-electron chi connectivity index (χ0n) is 18.1. The molecule has 8 nitrogen and oxygen atoms in total. The number of nitrogens with one attached hydrogen (secondary N) is 1. The minimum absolute atomic E-state index is 0.148. The van der Waals surface area contributed by atoms with Crippen LogP contribution in [0.3, 0.4) is 0 Å². The van der Waals surface area contributed by atoms with E-state index in [-0.39, 0.29) is 16.7 Å². The van der Waals surface area contributed by atoms with Crippen LogP contribution in [0.15, 0.2) is 29.2 Å². The first kappa shape index (κ1) is 24.7. The van der Waals surface area contributed by atoms with E-state index in [1.165, 1.54) is 0 Å². The van der Waals surface area contributed by atoms with Gasteiger partial charge in [0, 0.05) is 13.1 Å². The molecule has 1 aliphatic rings. The summed E-state index contributed by atoms with van der Waals surface area (Å²) in [4.78, 5) is 15.1. The van der Waals surface area contributed by atoms with Crippen molar-refractivity contribution in [2.75, 3.05) is 52.7 Å². The van der Waals surface area contributed by atoms with Gasteiger partial charge in [-0.1, -0.05) is 38.0 Å². The summed E-state index contributed by atoms with van der Waals surface area (Å²) in [6, 6.07) is 5.72. The van der Waals surface area contributed by atoms with Crippen molar-refractivity contribution in [3.8, 4) is 0 Å². The Bertz CT molecular complexity index is 741. The SMILES string of the molecule is CC[C@@H](C)[C@H](NS(=O)(=O)c1ccc(C)cc1)C(=O)N1CCOCCOCCOCC1. The number of carbonyl (C=O) groups excluding carboxylic acids is 1. The van der Waals surface area contributed by atoms with Gasteiger partial charge in [0.25, 0.3) is 0 Å². The normalized spacial score (nSPS) is 19.4. The van der Waals surface area contributed by atoms with E-state index in [4.69, 9.17) is 14.2 Å². The van der Waals surface area contributed by atoms with Crippen LogP contribution in [0.1, 0.15) is 25.8 Å². The summed E-state index contributed by atoms with van der Waals surface area (Å²) in [7, 11) is -3.83. The van der Waals surface area contributed by atoms with E-state index in [1.54, 1.807) is 29.2 Å². The predicted molar refractivity (Wildman–Crippen MR) is 114 cm³/mol. The van der Waals surface area contributed by atoms with Gasteiger partial charge in [-0.2, -0.15) is 4.72 Å². The fourth-order valence-corrected chi connectivity index (χ4v) is 4.32. The van der Waals surface area contributed by atoms with Gasteiger partial charge in [0.15, 0.2) is 0 Å². The van der Waals surface area contributed by atoms with Crippen LogP contribution in [0.25, 0.3) is 0 Å². The molecule has 1 aliphatic heterocycles. The van der Waals surface area contributed by atoms with E-state index < -0.39 is 16.1 Å². The fraction of sp³-hybridized carbons (Fsp3) is 0.667. The molecule has 30 heavy (non-hydrogen) atoms. The van der Waals surface area contributed by atoms with E-state index in [0.717, 1.165) is 5.56 Å². The van der Waals surface area contributed by atoms with Crippen molar-refractivity contribution in [1.29, 1.82) is 0 Å². The Kier molecular flexibility index (Phi) is 10.2. The van der Waals surface area contributed by atoms with Crippen molar-refractivity contribution in [1.82, 2.24) is 9.62 Å². The first-order valence-corrected chi connectivity index (χ1v) is 11.9. The highest BCUT2D eigenvalue weighted by Crippen LogP contribution is 2.16. The Labute approximate surface area is 179 Å². The summed E-state index contributed by atoms with van der Waals surface area (Å²) in [5.41, 5.74) is 0.966. The maximum absolute atomic E-state index is 13.3. The Morgan fingerprint density at radius 1 is 1.00 bits per heavy atom. The van der Waals surface area contributed by atoms with Crippen molar-refractivity contribution in [2.24, 2.45) is 5.92 Å². The van der Waals surface area contributed by atoms with Crippen LogP contribution >= 0.6 is 0 Å². The van der Waals surface area contributed by atoms with Gasteiger partial charge in [-0.15, -0.1) is 0 Å². The molecule has 0 aliphatic carbocycles. The molecule has 0 unspecified atom stereocenters. The van der Waals surface area contributed by atoms with Gasteiger partial charge >= 0.3 is 0 Å². The molecule has 1 heterocycles. The second-order valence-electron chi connectivity index (χ2n) is 7.46. The van der Waals surface area contributed by atoms with Crippen molar-refractivity contribution in [3.63, 3.8) is 0 Å². The van der Waals surface area contributed by atoms with Gasteiger partial charge in [-0.25, -0.2) is 8.42 Å². The Hall–Kier alpha value is -1.52. The number of nitrogens with zero attached hydrogens (tertiary/aromatic N) is 1. The lowest BCUT2D eigenvalue weighted by molar-refractivity contribution is -0.136. The first-order chi connectivity index (χ1) is 14.3. The lowest BCUT2D eigenvalue weighted by atomic mass is 9.99. The van der Waals surface area contributed by atoms with Crippen LogP contribution in [0.5, 0.6) is 0 Å².